The number of sulfonamides is 1. The van der Waals surface area contributed by atoms with E-state index in [-0.39, 0.29) is 4.90 Å². The van der Waals surface area contributed by atoms with E-state index in [9.17, 15) is 18.0 Å². The van der Waals surface area contributed by atoms with Gasteiger partial charge in [-0.05, 0) is 37.1 Å². The lowest BCUT2D eigenvalue weighted by Gasteiger charge is -2.27. The largest absolute Gasteiger partial charge is 0.268 e. The molecule has 0 aromatic heterocycles. The van der Waals surface area contributed by atoms with Crippen molar-refractivity contribution in [2.45, 2.75) is 24.2 Å². The fourth-order valence-corrected chi connectivity index (χ4v) is 6.04. The van der Waals surface area contributed by atoms with Gasteiger partial charge in [0.1, 0.15) is 0 Å². The molecule has 0 spiro atoms. The lowest BCUT2D eigenvalue weighted by molar-refractivity contribution is 0.0926. The number of carbonyl (C=O) groups excluding carboxylic acids is 2. The summed E-state index contributed by atoms with van der Waals surface area (Å²) in [6, 6.07) is 16.8. The van der Waals surface area contributed by atoms with Crippen LogP contribution in [0, 0.1) is 0 Å². The van der Waals surface area contributed by atoms with Gasteiger partial charge >= 0.3 is 0 Å². The first kappa shape index (κ1) is 19.0. The Kier molecular flexibility index (Phi) is 4.45. The molecule has 0 aliphatic carbocycles. The Morgan fingerprint density at radius 3 is 1.87 bits per heavy atom. The number of imide groups is 1. The second-order valence-corrected chi connectivity index (χ2v) is 9.49. The van der Waals surface area contributed by atoms with Gasteiger partial charge in [-0.15, -0.1) is 0 Å². The monoisotopic (exact) mass is 420 g/mol. The SMILES string of the molecule is O=C1c2ccccc2C(=O)N1c1ccc(S(=O)(=O)N2CCCCC2)c2ccccc12. The molecule has 0 atom stereocenters. The molecule has 0 saturated carbocycles. The number of hydrogen-bond donors (Lipinski definition) is 0. The quantitative estimate of drug-likeness (QED) is 0.604. The van der Waals surface area contributed by atoms with Crippen LogP contribution in [-0.4, -0.2) is 37.6 Å². The Labute approximate surface area is 174 Å². The summed E-state index contributed by atoms with van der Waals surface area (Å²) in [5, 5.41) is 1.07. The summed E-state index contributed by atoms with van der Waals surface area (Å²) in [5.41, 5.74) is 1.11. The number of anilines is 1. The molecule has 3 aromatic carbocycles. The van der Waals surface area contributed by atoms with Gasteiger partial charge in [-0.3, -0.25) is 9.59 Å². The van der Waals surface area contributed by atoms with E-state index in [1.807, 2.05) is 0 Å². The molecule has 3 aromatic rings. The minimum Gasteiger partial charge on any atom is -0.268 e. The van der Waals surface area contributed by atoms with Crippen molar-refractivity contribution in [2.24, 2.45) is 0 Å². The minimum absolute atomic E-state index is 0.209. The predicted octanol–water partition coefficient (Wildman–Crippen LogP) is 3.82. The zero-order chi connectivity index (χ0) is 20.9. The molecule has 2 amide bonds. The zero-order valence-electron chi connectivity index (χ0n) is 16.2. The van der Waals surface area contributed by atoms with E-state index in [0.29, 0.717) is 40.7 Å². The van der Waals surface area contributed by atoms with Crippen LogP contribution in [0.5, 0.6) is 0 Å². The summed E-state index contributed by atoms with van der Waals surface area (Å²) < 4.78 is 28.2. The van der Waals surface area contributed by atoms with Crippen molar-refractivity contribution < 1.29 is 18.0 Å². The molecule has 30 heavy (non-hydrogen) atoms. The number of hydrogen-bond acceptors (Lipinski definition) is 4. The summed E-state index contributed by atoms with van der Waals surface area (Å²) >= 11 is 0. The molecule has 2 heterocycles. The van der Waals surface area contributed by atoms with E-state index in [4.69, 9.17) is 0 Å². The van der Waals surface area contributed by atoms with E-state index in [1.165, 1.54) is 10.4 Å². The second kappa shape index (κ2) is 7.04. The van der Waals surface area contributed by atoms with Crippen molar-refractivity contribution in [3.8, 4) is 0 Å². The molecule has 0 radical (unpaired) electrons. The molecule has 1 fully saturated rings. The van der Waals surface area contributed by atoms with Crippen molar-refractivity contribution in [3.63, 3.8) is 0 Å². The van der Waals surface area contributed by atoms with E-state index in [1.54, 1.807) is 54.6 Å². The van der Waals surface area contributed by atoms with Crippen LogP contribution in [0.15, 0.2) is 65.6 Å². The normalized spacial score (nSPS) is 17.5. The van der Waals surface area contributed by atoms with Gasteiger partial charge in [0.15, 0.2) is 0 Å². The van der Waals surface area contributed by atoms with Crippen molar-refractivity contribution in [3.05, 3.63) is 71.8 Å². The van der Waals surface area contributed by atoms with Crippen molar-refractivity contribution in [2.75, 3.05) is 18.0 Å². The Hall–Kier alpha value is -3.03. The average molecular weight is 420 g/mol. The minimum atomic E-state index is -3.66. The molecule has 2 aliphatic rings. The van der Waals surface area contributed by atoms with Crippen LogP contribution < -0.4 is 4.90 Å². The first-order valence-corrected chi connectivity index (χ1v) is 11.4. The van der Waals surface area contributed by atoms with Crippen molar-refractivity contribution in [1.82, 2.24) is 4.31 Å². The van der Waals surface area contributed by atoms with Gasteiger partial charge in [0.25, 0.3) is 11.8 Å². The van der Waals surface area contributed by atoms with Crippen LogP contribution in [0.2, 0.25) is 0 Å². The van der Waals surface area contributed by atoms with E-state index >= 15 is 0 Å². The number of nitrogens with zero attached hydrogens (tertiary/aromatic N) is 2. The maximum atomic E-state index is 13.3. The number of fused-ring (bicyclic) bond motifs is 2. The third-order valence-electron chi connectivity index (χ3n) is 5.83. The molecule has 0 N–H and O–H groups in total. The number of benzene rings is 3. The molecule has 5 rings (SSSR count). The van der Waals surface area contributed by atoms with Crippen LogP contribution >= 0.6 is 0 Å². The predicted molar refractivity (Wildman–Crippen MR) is 114 cm³/mol. The van der Waals surface area contributed by atoms with E-state index < -0.39 is 21.8 Å². The fraction of sp³-hybridized carbons (Fsp3) is 0.217. The standard InChI is InChI=1S/C23H20N2O4S/c26-22-18-10-4-5-11-19(18)23(27)25(22)20-12-13-21(17-9-3-2-8-16(17)20)30(28,29)24-14-6-1-7-15-24/h2-5,8-13H,1,6-7,14-15H2. The van der Waals surface area contributed by atoms with Crippen molar-refractivity contribution >= 4 is 38.3 Å². The molecule has 152 valence electrons. The van der Waals surface area contributed by atoms with E-state index in [2.05, 4.69) is 0 Å². The Bertz CT molecular complexity index is 1260. The first-order chi connectivity index (χ1) is 14.5. The van der Waals surface area contributed by atoms with Gasteiger partial charge in [0.05, 0.1) is 21.7 Å². The lowest BCUT2D eigenvalue weighted by atomic mass is 10.1. The van der Waals surface area contributed by atoms with Gasteiger partial charge in [-0.1, -0.05) is 42.8 Å². The van der Waals surface area contributed by atoms with Gasteiger partial charge in [-0.2, -0.15) is 4.31 Å². The molecule has 0 unspecified atom stereocenters. The third-order valence-corrected chi connectivity index (χ3v) is 7.79. The topological polar surface area (TPSA) is 74.8 Å². The average Bonchev–Trinajstić information content (AvgIpc) is 3.04. The number of amides is 2. The zero-order valence-corrected chi connectivity index (χ0v) is 17.1. The highest BCUT2D eigenvalue weighted by Crippen LogP contribution is 2.37. The third kappa shape index (κ3) is 2.77. The summed E-state index contributed by atoms with van der Waals surface area (Å²) in [7, 11) is -3.66. The molecule has 1 saturated heterocycles. The van der Waals surface area contributed by atoms with Gasteiger partial charge < -0.3 is 0 Å². The maximum Gasteiger partial charge on any atom is 0.266 e. The maximum absolute atomic E-state index is 13.3. The highest BCUT2D eigenvalue weighted by Gasteiger charge is 2.38. The first-order valence-electron chi connectivity index (χ1n) is 10.00. The molecular weight excluding hydrogens is 400 g/mol. The Morgan fingerprint density at radius 1 is 0.667 bits per heavy atom. The van der Waals surface area contributed by atoms with Crippen LogP contribution in [-0.2, 0) is 10.0 Å². The number of carbonyl (C=O) groups is 2. The number of rotatable bonds is 3. The van der Waals surface area contributed by atoms with Crippen LogP contribution in [0.1, 0.15) is 40.0 Å². The van der Waals surface area contributed by atoms with Crippen LogP contribution in [0.25, 0.3) is 10.8 Å². The Balaban J connectivity index is 1.66. The van der Waals surface area contributed by atoms with Crippen LogP contribution in [0.3, 0.4) is 0 Å². The molecule has 7 heteroatoms. The summed E-state index contributed by atoms with van der Waals surface area (Å²) in [4.78, 5) is 27.3. The van der Waals surface area contributed by atoms with Crippen LogP contribution in [0.4, 0.5) is 5.69 Å². The lowest BCUT2D eigenvalue weighted by Crippen LogP contribution is -2.35. The molecular formula is C23H20N2O4S. The summed E-state index contributed by atoms with van der Waals surface area (Å²) in [6.07, 6.45) is 2.74. The summed E-state index contributed by atoms with van der Waals surface area (Å²) in [6.45, 7) is 1.02. The van der Waals surface area contributed by atoms with Gasteiger partial charge in [0, 0.05) is 23.9 Å². The molecule has 0 bridgehead atoms. The highest BCUT2D eigenvalue weighted by molar-refractivity contribution is 7.89. The Morgan fingerprint density at radius 2 is 1.23 bits per heavy atom. The van der Waals surface area contributed by atoms with Gasteiger partial charge in [0.2, 0.25) is 10.0 Å². The fourth-order valence-electron chi connectivity index (χ4n) is 4.33. The summed E-state index contributed by atoms with van der Waals surface area (Å²) in [5.74, 6) is -0.792. The second-order valence-electron chi connectivity index (χ2n) is 7.58. The number of piperidine rings is 1. The molecule has 2 aliphatic heterocycles. The van der Waals surface area contributed by atoms with Gasteiger partial charge in [-0.25, -0.2) is 13.3 Å². The van der Waals surface area contributed by atoms with Crippen molar-refractivity contribution in [1.29, 1.82) is 0 Å². The molecule has 6 nitrogen and oxygen atoms in total. The smallest absolute Gasteiger partial charge is 0.266 e. The van der Waals surface area contributed by atoms with E-state index in [0.717, 1.165) is 24.2 Å². The highest BCUT2D eigenvalue weighted by atomic mass is 32.2.